The SMILES string of the molecule is CCOC(=O)C(C#N)C1C(=O)N(Cc2ccc(Cl)c(Cl)c2)c2ccc(F)cc21. The number of carbonyl (C=O) groups excluding carboxylic acids is 2. The number of carbonyl (C=O) groups is 2. The molecule has 1 aliphatic rings. The summed E-state index contributed by atoms with van der Waals surface area (Å²) in [5.74, 6) is -4.36. The van der Waals surface area contributed by atoms with Gasteiger partial charge in [0.25, 0.3) is 0 Å². The number of nitrogens with zero attached hydrogens (tertiary/aromatic N) is 2. The number of rotatable bonds is 5. The summed E-state index contributed by atoms with van der Waals surface area (Å²) in [6, 6.07) is 10.6. The van der Waals surface area contributed by atoms with Crippen LogP contribution in [0.2, 0.25) is 10.0 Å². The summed E-state index contributed by atoms with van der Waals surface area (Å²) < 4.78 is 18.8. The molecule has 28 heavy (non-hydrogen) atoms. The first kappa shape index (κ1) is 20.1. The molecule has 2 unspecified atom stereocenters. The Morgan fingerprint density at radius 1 is 1.29 bits per heavy atom. The van der Waals surface area contributed by atoms with Crippen LogP contribution in [-0.2, 0) is 20.9 Å². The maximum absolute atomic E-state index is 13.9. The monoisotopic (exact) mass is 420 g/mol. The molecular weight excluding hydrogens is 406 g/mol. The second-order valence-corrected chi connectivity index (χ2v) is 7.03. The number of nitriles is 1. The van der Waals surface area contributed by atoms with Crippen molar-refractivity contribution in [3.8, 4) is 6.07 Å². The van der Waals surface area contributed by atoms with E-state index in [0.717, 1.165) is 0 Å². The van der Waals surface area contributed by atoms with E-state index in [1.165, 1.54) is 23.1 Å². The van der Waals surface area contributed by atoms with E-state index in [9.17, 15) is 19.2 Å². The zero-order chi connectivity index (χ0) is 20.4. The van der Waals surface area contributed by atoms with Gasteiger partial charge in [0.15, 0.2) is 5.92 Å². The van der Waals surface area contributed by atoms with E-state index < -0.39 is 29.5 Å². The van der Waals surface area contributed by atoms with Crippen LogP contribution in [0.3, 0.4) is 0 Å². The van der Waals surface area contributed by atoms with Gasteiger partial charge in [0.2, 0.25) is 5.91 Å². The minimum atomic E-state index is -1.37. The van der Waals surface area contributed by atoms with Crippen molar-refractivity contribution in [2.24, 2.45) is 5.92 Å². The lowest BCUT2D eigenvalue weighted by Gasteiger charge is -2.19. The molecule has 0 bridgehead atoms. The van der Waals surface area contributed by atoms with E-state index in [1.807, 2.05) is 6.07 Å². The van der Waals surface area contributed by atoms with Crippen LogP contribution in [0.25, 0.3) is 0 Å². The normalized spacial score (nSPS) is 16.5. The molecule has 2 aromatic carbocycles. The van der Waals surface area contributed by atoms with Gasteiger partial charge in [0.1, 0.15) is 5.82 Å². The maximum Gasteiger partial charge on any atom is 0.324 e. The Kier molecular flexibility index (Phi) is 5.87. The summed E-state index contributed by atoms with van der Waals surface area (Å²) >= 11 is 12.0. The molecule has 0 fully saturated rings. The number of esters is 1. The van der Waals surface area contributed by atoms with Gasteiger partial charge in [-0.25, -0.2) is 4.39 Å². The Labute approximate surface area is 171 Å². The predicted octanol–water partition coefficient (Wildman–Crippen LogP) is 4.47. The van der Waals surface area contributed by atoms with Crippen LogP contribution in [0.5, 0.6) is 0 Å². The minimum absolute atomic E-state index is 0.0704. The van der Waals surface area contributed by atoms with Crippen molar-refractivity contribution in [2.75, 3.05) is 11.5 Å². The Hall–Kier alpha value is -2.62. The van der Waals surface area contributed by atoms with Gasteiger partial charge in [0.05, 0.1) is 35.2 Å². The van der Waals surface area contributed by atoms with E-state index in [4.69, 9.17) is 27.9 Å². The van der Waals surface area contributed by atoms with E-state index in [-0.39, 0.29) is 18.7 Å². The smallest absolute Gasteiger partial charge is 0.324 e. The highest BCUT2D eigenvalue weighted by molar-refractivity contribution is 6.42. The van der Waals surface area contributed by atoms with Crippen LogP contribution in [0.4, 0.5) is 10.1 Å². The number of hydrogen-bond acceptors (Lipinski definition) is 4. The number of fused-ring (bicyclic) bond motifs is 1. The van der Waals surface area contributed by atoms with Gasteiger partial charge in [-0.15, -0.1) is 0 Å². The third-order valence-electron chi connectivity index (χ3n) is 4.49. The van der Waals surface area contributed by atoms with E-state index in [1.54, 1.807) is 25.1 Å². The molecule has 3 rings (SSSR count). The molecule has 2 aromatic rings. The third-order valence-corrected chi connectivity index (χ3v) is 5.22. The molecule has 0 saturated carbocycles. The van der Waals surface area contributed by atoms with Gasteiger partial charge in [0, 0.05) is 5.69 Å². The molecule has 0 radical (unpaired) electrons. The lowest BCUT2D eigenvalue weighted by molar-refractivity contribution is -0.148. The van der Waals surface area contributed by atoms with Crippen LogP contribution < -0.4 is 4.90 Å². The van der Waals surface area contributed by atoms with Gasteiger partial charge in [-0.05, 0) is 48.4 Å². The van der Waals surface area contributed by atoms with Crippen LogP contribution in [0.15, 0.2) is 36.4 Å². The van der Waals surface area contributed by atoms with E-state index >= 15 is 0 Å². The molecule has 5 nitrogen and oxygen atoms in total. The number of benzene rings is 2. The summed E-state index contributed by atoms with van der Waals surface area (Å²) in [5.41, 5.74) is 1.42. The Balaban J connectivity index is 2.02. The van der Waals surface area contributed by atoms with Crippen LogP contribution >= 0.6 is 23.2 Å². The van der Waals surface area contributed by atoms with Crippen molar-refractivity contribution in [1.29, 1.82) is 5.26 Å². The molecule has 1 amide bonds. The Morgan fingerprint density at radius 2 is 2.04 bits per heavy atom. The fourth-order valence-electron chi connectivity index (χ4n) is 3.24. The van der Waals surface area contributed by atoms with Gasteiger partial charge in [-0.1, -0.05) is 29.3 Å². The summed E-state index contributed by atoms with van der Waals surface area (Å²) in [7, 11) is 0. The zero-order valence-corrected chi connectivity index (χ0v) is 16.3. The van der Waals surface area contributed by atoms with Gasteiger partial charge >= 0.3 is 5.97 Å². The first-order valence-electron chi connectivity index (χ1n) is 8.48. The van der Waals surface area contributed by atoms with Crippen molar-refractivity contribution >= 4 is 40.8 Å². The van der Waals surface area contributed by atoms with E-state index in [2.05, 4.69) is 0 Å². The largest absolute Gasteiger partial charge is 0.465 e. The van der Waals surface area contributed by atoms with E-state index in [0.29, 0.717) is 21.3 Å². The lowest BCUT2D eigenvalue weighted by Crippen LogP contribution is -2.33. The molecule has 1 aliphatic heterocycles. The Morgan fingerprint density at radius 3 is 2.68 bits per heavy atom. The fourth-order valence-corrected chi connectivity index (χ4v) is 3.56. The second-order valence-electron chi connectivity index (χ2n) is 6.21. The third kappa shape index (κ3) is 3.68. The number of ether oxygens (including phenoxy) is 1. The van der Waals surface area contributed by atoms with Crippen molar-refractivity contribution < 1.29 is 18.7 Å². The molecule has 144 valence electrons. The van der Waals surface area contributed by atoms with Crippen molar-refractivity contribution in [3.63, 3.8) is 0 Å². The minimum Gasteiger partial charge on any atom is -0.465 e. The molecule has 0 N–H and O–H groups in total. The molecule has 1 heterocycles. The number of anilines is 1. The first-order valence-corrected chi connectivity index (χ1v) is 9.24. The number of amides is 1. The molecule has 0 spiro atoms. The van der Waals surface area contributed by atoms with Crippen LogP contribution in [-0.4, -0.2) is 18.5 Å². The fraction of sp³-hybridized carbons (Fsp3) is 0.250. The van der Waals surface area contributed by atoms with Gasteiger partial charge in [-0.2, -0.15) is 5.26 Å². The van der Waals surface area contributed by atoms with Crippen molar-refractivity contribution in [1.82, 2.24) is 0 Å². The van der Waals surface area contributed by atoms with Gasteiger partial charge < -0.3 is 9.64 Å². The van der Waals surface area contributed by atoms with Crippen molar-refractivity contribution in [2.45, 2.75) is 19.4 Å². The highest BCUT2D eigenvalue weighted by Crippen LogP contribution is 2.43. The summed E-state index contributed by atoms with van der Waals surface area (Å²) in [5, 5.41) is 10.2. The first-order chi connectivity index (χ1) is 13.4. The quantitative estimate of drug-likeness (QED) is 0.669. The predicted molar refractivity (Wildman–Crippen MR) is 103 cm³/mol. The lowest BCUT2D eigenvalue weighted by atomic mass is 9.88. The van der Waals surface area contributed by atoms with Gasteiger partial charge in [-0.3, -0.25) is 9.59 Å². The molecule has 0 aromatic heterocycles. The number of halogens is 3. The molecule has 2 atom stereocenters. The average molecular weight is 421 g/mol. The summed E-state index contributed by atoms with van der Waals surface area (Å²) in [4.78, 5) is 26.7. The Bertz CT molecular complexity index is 990. The molecule has 0 aliphatic carbocycles. The molecule has 8 heteroatoms. The highest BCUT2D eigenvalue weighted by atomic mass is 35.5. The topological polar surface area (TPSA) is 70.4 Å². The molecular formula is C20H15Cl2FN2O3. The molecule has 0 saturated heterocycles. The summed E-state index contributed by atoms with van der Waals surface area (Å²) in [6.45, 7) is 1.81. The standard InChI is InChI=1S/C20H15Cl2FN2O3/c1-2-28-20(27)14(9-24)18-13-8-12(23)4-6-17(13)25(19(18)26)10-11-3-5-15(21)16(22)7-11/h3-8,14,18H,2,10H2,1H3. The average Bonchev–Trinajstić information content (AvgIpc) is 2.91. The van der Waals surface area contributed by atoms with Crippen molar-refractivity contribution in [3.05, 3.63) is 63.4 Å². The van der Waals surface area contributed by atoms with Crippen LogP contribution in [0, 0.1) is 23.1 Å². The van der Waals surface area contributed by atoms with Crippen LogP contribution in [0.1, 0.15) is 24.0 Å². The second kappa shape index (κ2) is 8.17. The zero-order valence-electron chi connectivity index (χ0n) is 14.8. The maximum atomic E-state index is 13.9. The summed E-state index contributed by atoms with van der Waals surface area (Å²) in [6.07, 6.45) is 0. The highest BCUT2D eigenvalue weighted by Gasteiger charge is 2.45. The number of hydrogen-bond donors (Lipinski definition) is 0.